The monoisotopic (exact) mass is 283 g/mol. The molecule has 1 amide bonds. The van der Waals surface area contributed by atoms with Crippen LogP contribution >= 0.6 is 15.9 Å². The second-order valence-corrected chi connectivity index (χ2v) is 4.13. The normalized spacial score (nSPS) is 10.6. The Kier molecular flexibility index (Phi) is 5.05. The Morgan fingerprint density at radius 2 is 2.31 bits per heavy atom. The Morgan fingerprint density at radius 1 is 1.56 bits per heavy atom. The molecule has 2 N–H and O–H groups in total. The summed E-state index contributed by atoms with van der Waals surface area (Å²) in [4.78, 5) is 11.6. The number of rotatable bonds is 4. The maximum absolute atomic E-state index is 11.6. The fraction of sp³-hybridized carbons (Fsp3) is 0.250. The number of halogens is 1. The highest BCUT2D eigenvalue weighted by Gasteiger charge is 2.06. The number of carbonyl (C=O) groups is 1. The highest BCUT2D eigenvalue weighted by Crippen LogP contribution is 2.24. The van der Waals surface area contributed by atoms with E-state index in [0.717, 1.165) is 6.42 Å². The lowest BCUT2D eigenvalue weighted by Crippen LogP contribution is -2.23. The minimum atomic E-state index is -0.174. The fourth-order valence-corrected chi connectivity index (χ4v) is 1.44. The van der Waals surface area contributed by atoms with Crippen LogP contribution in [-0.4, -0.2) is 17.6 Å². The first kappa shape index (κ1) is 12.8. The lowest BCUT2D eigenvalue weighted by atomic mass is 10.2. The van der Waals surface area contributed by atoms with Crippen LogP contribution in [0.1, 0.15) is 23.7 Å². The van der Waals surface area contributed by atoms with Gasteiger partial charge in [-0.2, -0.15) is 0 Å². The summed E-state index contributed by atoms with van der Waals surface area (Å²) in [5.41, 5.74) is 0.459. The second kappa shape index (κ2) is 6.33. The van der Waals surface area contributed by atoms with E-state index in [0.29, 0.717) is 16.6 Å². The smallest absolute Gasteiger partial charge is 0.251 e. The first-order valence-electron chi connectivity index (χ1n) is 5.03. The SMILES string of the molecule is C/C=C/CCNC(=O)c1ccc(Br)c(O)c1. The summed E-state index contributed by atoms with van der Waals surface area (Å²) in [5.74, 6) is -0.103. The molecule has 0 aliphatic carbocycles. The summed E-state index contributed by atoms with van der Waals surface area (Å²) in [5, 5.41) is 12.2. The van der Waals surface area contributed by atoms with Crippen LogP contribution in [0.4, 0.5) is 0 Å². The number of aromatic hydroxyl groups is 1. The van der Waals surface area contributed by atoms with Crippen LogP contribution in [0.15, 0.2) is 34.8 Å². The van der Waals surface area contributed by atoms with E-state index in [1.54, 1.807) is 12.1 Å². The van der Waals surface area contributed by atoms with E-state index in [4.69, 9.17) is 0 Å². The Morgan fingerprint density at radius 3 is 2.94 bits per heavy atom. The van der Waals surface area contributed by atoms with Crippen molar-refractivity contribution in [1.29, 1.82) is 0 Å². The van der Waals surface area contributed by atoms with Crippen molar-refractivity contribution in [1.82, 2.24) is 5.32 Å². The third kappa shape index (κ3) is 3.70. The van der Waals surface area contributed by atoms with Gasteiger partial charge in [0, 0.05) is 12.1 Å². The van der Waals surface area contributed by atoms with Crippen LogP contribution in [0.2, 0.25) is 0 Å². The largest absolute Gasteiger partial charge is 0.507 e. The minimum Gasteiger partial charge on any atom is -0.507 e. The highest BCUT2D eigenvalue weighted by atomic mass is 79.9. The number of hydrogen-bond acceptors (Lipinski definition) is 2. The maximum atomic E-state index is 11.6. The molecule has 0 bridgehead atoms. The third-order valence-corrected chi connectivity index (χ3v) is 2.71. The second-order valence-electron chi connectivity index (χ2n) is 3.28. The molecule has 1 rings (SSSR count). The predicted molar refractivity (Wildman–Crippen MR) is 67.6 cm³/mol. The molecule has 3 nitrogen and oxygen atoms in total. The lowest BCUT2D eigenvalue weighted by Gasteiger charge is -2.04. The van der Waals surface area contributed by atoms with E-state index < -0.39 is 0 Å². The van der Waals surface area contributed by atoms with E-state index in [1.165, 1.54) is 6.07 Å². The van der Waals surface area contributed by atoms with Gasteiger partial charge in [0.15, 0.2) is 0 Å². The van der Waals surface area contributed by atoms with Crippen molar-refractivity contribution in [2.75, 3.05) is 6.54 Å². The van der Waals surface area contributed by atoms with Crippen molar-refractivity contribution in [3.8, 4) is 5.75 Å². The first-order chi connectivity index (χ1) is 7.65. The summed E-state index contributed by atoms with van der Waals surface area (Å²) in [6, 6.07) is 4.75. The first-order valence-corrected chi connectivity index (χ1v) is 5.82. The van der Waals surface area contributed by atoms with Gasteiger partial charge in [-0.15, -0.1) is 0 Å². The number of amides is 1. The topological polar surface area (TPSA) is 49.3 Å². The van der Waals surface area contributed by atoms with Gasteiger partial charge in [-0.1, -0.05) is 12.2 Å². The zero-order valence-corrected chi connectivity index (χ0v) is 10.6. The van der Waals surface area contributed by atoms with Crippen LogP contribution < -0.4 is 5.32 Å². The molecule has 0 atom stereocenters. The Hall–Kier alpha value is -1.29. The number of nitrogens with one attached hydrogen (secondary N) is 1. The van der Waals surface area contributed by atoms with Crippen LogP contribution in [0, 0.1) is 0 Å². The average molecular weight is 284 g/mol. The van der Waals surface area contributed by atoms with Gasteiger partial charge in [-0.3, -0.25) is 4.79 Å². The summed E-state index contributed by atoms with van der Waals surface area (Å²) < 4.78 is 0.581. The number of hydrogen-bond donors (Lipinski definition) is 2. The number of phenols is 1. The molecule has 4 heteroatoms. The molecule has 1 aromatic carbocycles. The summed E-state index contributed by atoms with van der Waals surface area (Å²) >= 11 is 3.16. The number of benzene rings is 1. The van der Waals surface area contributed by atoms with Crippen molar-refractivity contribution in [2.45, 2.75) is 13.3 Å². The third-order valence-electron chi connectivity index (χ3n) is 2.04. The molecule has 0 unspecified atom stereocenters. The zero-order chi connectivity index (χ0) is 12.0. The molecule has 0 aliphatic rings. The van der Waals surface area contributed by atoms with Crippen LogP contribution in [0.25, 0.3) is 0 Å². The molecule has 0 spiro atoms. The molecule has 16 heavy (non-hydrogen) atoms. The van der Waals surface area contributed by atoms with Gasteiger partial charge in [0.2, 0.25) is 0 Å². The van der Waals surface area contributed by atoms with E-state index >= 15 is 0 Å². The number of allylic oxidation sites excluding steroid dienone is 1. The lowest BCUT2D eigenvalue weighted by molar-refractivity contribution is 0.0954. The van der Waals surface area contributed by atoms with Gasteiger partial charge in [0.05, 0.1) is 4.47 Å². The minimum absolute atomic E-state index is 0.0705. The molecule has 0 saturated carbocycles. The molecule has 0 saturated heterocycles. The van der Waals surface area contributed by atoms with Crippen molar-refractivity contribution >= 4 is 21.8 Å². The van der Waals surface area contributed by atoms with Gasteiger partial charge in [-0.25, -0.2) is 0 Å². The van der Waals surface area contributed by atoms with E-state index in [2.05, 4.69) is 21.2 Å². The van der Waals surface area contributed by atoms with Gasteiger partial charge in [0.1, 0.15) is 5.75 Å². The Labute approximate surface area is 103 Å². The average Bonchev–Trinajstić information content (AvgIpc) is 2.28. The molecule has 86 valence electrons. The molecule has 0 heterocycles. The van der Waals surface area contributed by atoms with Gasteiger partial charge in [-0.05, 0) is 47.5 Å². The van der Waals surface area contributed by atoms with Gasteiger partial charge in [0.25, 0.3) is 5.91 Å². The van der Waals surface area contributed by atoms with Crippen molar-refractivity contribution in [2.24, 2.45) is 0 Å². The van der Waals surface area contributed by atoms with Crippen LogP contribution in [0.3, 0.4) is 0 Å². The maximum Gasteiger partial charge on any atom is 0.251 e. The molecular weight excluding hydrogens is 270 g/mol. The molecular formula is C12H14BrNO2. The van der Waals surface area contributed by atoms with Crippen molar-refractivity contribution in [3.05, 3.63) is 40.4 Å². The predicted octanol–water partition coefficient (Wildman–Crippen LogP) is 2.85. The molecule has 0 aromatic heterocycles. The van der Waals surface area contributed by atoms with Gasteiger partial charge < -0.3 is 10.4 Å². The van der Waals surface area contributed by atoms with E-state index in [1.807, 2.05) is 19.1 Å². The zero-order valence-electron chi connectivity index (χ0n) is 9.03. The molecule has 0 radical (unpaired) electrons. The fourth-order valence-electron chi connectivity index (χ4n) is 1.19. The van der Waals surface area contributed by atoms with E-state index in [-0.39, 0.29) is 11.7 Å². The molecule has 0 fully saturated rings. The molecule has 1 aromatic rings. The van der Waals surface area contributed by atoms with Crippen LogP contribution in [-0.2, 0) is 0 Å². The van der Waals surface area contributed by atoms with Crippen molar-refractivity contribution < 1.29 is 9.90 Å². The summed E-state index contributed by atoms with van der Waals surface area (Å²) in [7, 11) is 0. The standard InChI is InChI=1S/C12H14BrNO2/c1-2-3-4-7-14-12(16)9-5-6-10(13)11(15)8-9/h2-3,5-6,8,15H,4,7H2,1H3,(H,14,16)/b3-2+. The Balaban J connectivity index is 2.56. The van der Waals surface area contributed by atoms with Gasteiger partial charge >= 0.3 is 0 Å². The number of carbonyl (C=O) groups excluding carboxylic acids is 1. The summed E-state index contributed by atoms with van der Waals surface area (Å²) in [6.45, 7) is 2.54. The number of phenolic OH excluding ortho intramolecular Hbond substituents is 1. The summed E-state index contributed by atoms with van der Waals surface area (Å²) in [6.07, 6.45) is 4.74. The van der Waals surface area contributed by atoms with E-state index in [9.17, 15) is 9.90 Å². The Bertz CT molecular complexity index is 402. The quantitative estimate of drug-likeness (QED) is 0.659. The van der Waals surface area contributed by atoms with Crippen LogP contribution in [0.5, 0.6) is 5.75 Å². The van der Waals surface area contributed by atoms with Crippen molar-refractivity contribution in [3.63, 3.8) is 0 Å². The highest BCUT2D eigenvalue weighted by molar-refractivity contribution is 9.10. The molecule has 0 aliphatic heterocycles.